The van der Waals surface area contributed by atoms with E-state index in [1.807, 2.05) is 6.92 Å². The fourth-order valence-corrected chi connectivity index (χ4v) is 1.66. The van der Waals surface area contributed by atoms with E-state index in [9.17, 15) is 4.79 Å². The molecular formula is C13H23N3O2. The van der Waals surface area contributed by atoms with Gasteiger partial charge in [-0.05, 0) is 12.8 Å². The molecule has 0 aliphatic heterocycles. The molecule has 0 saturated heterocycles. The minimum absolute atomic E-state index is 0.190. The number of rotatable bonds is 8. The summed E-state index contributed by atoms with van der Waals surface area (Å²) in [6.07, 6.45) is 6.38. The van der Waals surface area contributed by atoms with Crippen molar-refractivity contribution >= 4 is 5.91 Å². The number of aromatic nitrogens is 1. The molecule has 0 radical (unpaired) electrons. The van der Waals surface area contributed by atoms with Crippen LogP contribution >= 0.6 is 0 Å². The van der Waals surface area contributed by atoms with Gasteiger partial charge in [-0.15, -0.1) is 0 Å². The molecule has 0 bridgehead atoms. The molecule has 1 heterocycles. The Balaban J connectivity index is 2.44. The number of oxazole rings is 1. The quantitative estimate of drug-likeness (QED) is 0.697. The molecule has 5 heteroatoms. The molecule has 102 valence electrons. The van der Waals surface area contributed by atoms with Gasteiger partial charge in [0.15, 0.2) is 5.69 Å². The highest BCUT2D eigenvalue weighted by Crippen LogP contribution is 2.14. The lowest BCUT2D eigenvalue weighted by molar-refractivity contribution is 0.0948. The van der Waals surface area contributed by atoms with Gasteiger partial charge in [0, 0.05) is 6.54 Å². The Morgan fingerprint density at radius 1 is 1.44 bits per heavy atom. The number of nitrogens with zero attached hydrogens (tertiary/aromatic N) is 1. The Hall–Kier alpha value is -1.36. The molecule has 0 fully saturated rings. The maximum atomic E-state index is 11.7. The van der Waals surface area contributed by atoms with Crippen molar-refractivity contribution < 1.29 is 9.21 Å². The normalized spacial score (nSPS) is 12.4. The third-order valence-corrected chi connectivity index (χ3v) is 2.74. The van der Waals surface area contributed by atoms with Crippen LogP contribution in [0.1, 0.15) is 68.4 Å². The SMILES string of the molecule is CCCCCNC(=O)c1coc(C(N)CCC)n1. The third-order valence-electron chi connectivity index (χ3n) is 2.74. The van der Waals surface area contributed by atoms with Gasteiger partial charge in [-0.2, -0.15) is 0 Å². The molecule has 1 atom stereocenters. The van der Waals surface area contributed by atoms with Crippen molar-refractivity contribution in [3.63, 3.8) is 0 Å². The molecule has 1 rings (SSSR count). The summed E-state index contributed by atoms with van der Waals surface area (Å²) in [5.41, 5.74) is 6.18. The average Bonchev–Trinajstić information content (AvgIpc) is 2.84. The molecule has 1 unspecified atom stereocenters. The van der Waals surface area contributed by atoms with E-state index in [-0.39, 0.29) is 11.9 Å². The van der Waals surface area contributed by atoms with E-state index in [0.717, 1.165) is 32.1 Å². The molecule has 1 amide bonds. The second kappa shape index (κ2) is 7.87. The Labute approximate surface area is 108 Å². The van der Waals surface area contributed by atoms with E-state index in [2.05, 4.69) is 17.2 Å². The zero-order valence-electron chi connectivity index (χ0n) is 11.2. The van der Waals surface area contributed by atoms with Crippen molar-refractivity contribution in [3.05, 3.63) is 17.8 Å². The Morgan fingerprint density at radius 3 is 2.89 bits per heavy atom. The standard InChI is InChI=1S/C13H23N3O2/c1-3-5-6-8-15-12(17)11-9-18-13(16-11)10(14)7-4-2/h9-10H,3-8,14H2,1-2H3,(H,15,17). The lowest BCUT2D eigenvalue weighted by Gasteiger charge is -2.03. The minimum atomic E-state index is -0.225. The number of nitrogens with two attached hydrogens (primary N) is 1. The molecule has 1 aromatic rings. The summed E-state index contributed by atoms with van der Waals surface area (Å²) in [6.45, 7) is 4.85. The van der Waals surface area contributed by atoms with Crippen LogP contribution in [0.25, 0.3) is 0 Å². The third kappa shape index (κ3) is 4.49. The van der Waals surface area contributed by atoms with Crippen molar-refractivity contribution in [2.45, 2.75) is 52.0 Å². The Bertz CT molecular complexity index is 363. The zero-order valence-corrected chi connectivity index (χ0v) is 11.2. The van der Waals surface area contributed by atoms with Gasteiger partial charge in [-0.25, -0.2) is 4.98 Å². The van der Waals surface area contributed by atoms with E-state index < -0.39 is 0 Å². The van der Waals surface area contributed by atoms with Crippen molar-refractivity contribution in [1.82, 2.24) is 10.3 Å². The van der Waals surface area contributed by atoms with E-state index in [1.165, 1.54) is 6.26 Å². The van der Waals surface area contributed by atoms with E-state index in [4.69, 9.17) is 10.2 Å². The first kappa shape index (κ1) is 14.7. The van der Waals surface area contributed by atoms with Crippen molar-refractivity contribution in [2.24, 2.45) is 5.73 Å². The molecule has 1 aromatic heterocycles. The number of nitrogens with one attached hydrogen (secondary N) is 1. The maximum Gasteiger partial charge on any atom is 0.273 e. The number of unbranched alkanes of at least 4 members (excludes halogenated alkanes) is 2. The second-order valence-corrected chi connectivity index (χ2v) is 4.43. The lowest BCUT2D eigenvalue weighted by Crippen LogP contribution is -2.24. The molecular weight excluding hydrogens is 230 g/mol. The number of carbonyl (C=O) groups is 1. The van der Waals surface area contributed by atoms with Gasteiger partial charge < -0.3 is 15.5 Å². The van der Waals surface area contributed by atoms with Crippen molar-refractivity contribution in [2.75, 3.05) is 6.54 Å². The first-order chi connectivity index (χ1) is 8.69. The minimum Gasteiger partial charge on any atom is -0.446 e. The van der Waals surface area contributed by atoms with Crippen LogP contribution in [0.3, 0.4) is 0 Å². The monoisotopic (exact) mass is 253 g/mol. The highest BCUT2D eigenvalue weighted by molar-refractivity contribution is 5.91. The van der Waals surface area contributed by atoms with E-state index in [0.29, 0.717) is 18.1 Å². The highest BCUT2D eigenvalue weighted by Gasteiger charge is 2.15. The number of amides is 1. The topological polar surface area (TPSA) is 81.2 Å². The first-order valence-electron chi connectivity index (χ1n) is 6.68. The summed E-state index contributed by atoms with van der Waals surface area (Å²) in [4.78, 5) is 15.9. The lowest BCUT2D eigenvalue weighted by atomic mass is 10.2. The molecule has 5 nitrogen and oxygen atoms in total. The molecule has 0 aliphatic rings. The fourth-order valence-electron chi connectivity index (χ4n) is 1.66. The smallest absolute Gasteiger partial charge is 0.273 e. The Morgan fingerprint density at radius 2 is 2.22 bits per heavy atom. The van der Waals surface area contributed by atoms with Gasteiger partial charge in [-0.1, -0.05) is 33.1 Å². The second-order valence-electron chi connectivity index (χ2n) is 4.43. The number of hydrogen-bond donors (Lipinski definition) is 2. The van der Waals surface area contributed by atoms with Crippen LogP contribution in [0.5, 0.6) is 0 Å². The van der Waals surface area contributed by atoms with Crippen LogP contribution in [0.15, 0.2) is 10.7 Å². The van der Waals surface area contributed by atoms with Crippen LogP contribution in [0.4, 0.5) is 0 Å². The summed E-state index contributed by atoms with van der Waals surface area (Å²) >= 11 is 0. The van der Waals surface area contributed by atoms with Crippen LogP contribution in [0.2, 0.25) is 0 Å². The fraction of sp³-hybridized carbons (Fsp3) is 0.692. The first-order valence-corrected chi connectivity index (χ1v) is 6.68. The predicted octanol–water partition coefficient (Wildman–Crippen LogP) is 2.39. The molecule has 0 aliphatic carbocycles. The molecule has 3 N–H and O–H groups in total. The summed E-state index contributed by atoms with van der Waals surface area (Å²) < 4.78 is 5.23. The van der Waals surface area contributed by atoms with Crippen LogP contribution < -0.4 is 11.1 Å². The maximum absolute atomic E-state index is 11.7. The Kier molecular flexibility index (Phi) is 6.43. The van der Waals surface area contributed by atoms with Crippen LogP contribution in [0, 0.1) is 0 Å². The summed E-state index contributed by atoms with van der Waals surface area (Å²) in [7, 11) is 0. The van der Waals surface area contributed by atoms with Crippen LogP contribution in [-0.4, -0.2) is 17.4 Å². The van der Waals surface area contributed by atoms with Gasteiger partial charge in [-0.3, -0.25) is 4.79 Å². The van der Waals surface area contributed by atoms with Gasteiger partial charge in [0.1, 0.15) is 6.26 Å². The number of carbonyl (C=O) groups excluding carboxylic acids is 1. The highest BCUT2D eigenvalue weighted by atomic mass is 16.3. The van der Waals surface area contributed by atoms with Crippen LogP contribution in [-0.2, 0) is 0 Å². The predicted molar refractivity (Wildman–Crippen MR) is 70.2 cm³/mol. The largest absolute Gasteiger partial charge is 0.446 e. The number of hydrogen-bond acceptors (Lipinski definition) is 4. The zero-order chi connectivity index (χ0) is 13.4. The van der Waals surface area contributed by atoms with Gasteiger partial charge in [0.05, 0.1) is 6.04 Å². The van der Waals surface area contributed by atoms with E-state index >= 15 is 0 Å². The van der Waals surface area contributed by atoms with Crippen molar-refractivity contribution in [3.8, 4) is 0 Å². The molecule has 0 spiro atoms. The van der Waals surface area contributed by atoms with Crippen molar-refractivity contribution in [1.29, 1.82) is 0 Å². The molecule has 0 saturated carbocycles. The summed E-state index contributed by atoms with van der Waals surface area (Å²) in [5.74, 6) is 0.250. The summed E-state index contributed by atoms with van der Waals surface area (Å²) in [6, 6.07) is -0.225. The molecule has 18 heavy (non-hydrogen) atoms. The van der Waals surface area contributed by atoms with E-state index in [1.54, 1.807) is 0 Å². The van der Waals surface area contributed by atoms with Gasteiger partial charge in [0.25, 0.3) is 5.91 Å². The average molecular weight is 253 g/mol. The molecule has 0 aromatic carbocycles. The van der Waals surface area contributed by atoms with Gasteiger partial charge >= 0.3 is 0 Å². The summed E-state index contributed by atoms with van der Waals surface area (Å²) in [5, 5.41) is 2.82. The van der Waals surface area contributed by atoms with Gasteiger partial charge in [0.2, 0.25) is 5.89 Å².